The van der Waals surface area contributed by atoms with Crippen molar-refractivity contribution in [1.82, 2.24) is 0 Å². The first kappa shape index (κ1) is 16.9. The number of amides is 1. The van der Waals surface area contributed by atoms with Gasteiger partial charge in [-0.25, -0.2) is 0 Å². The van der Waals surface area contributed by atoms with Gasteiger partial charge in [0.15, 0.2) is 0 Å². The van der Waals surface area contributed by atoms with Gasteiger partial charge in [0.2, 0.25) is 5.91 Å². The highest BCUT2D eigenvalue weighted by molar-refractivity contribution is 8.00. The molecular weight excluding hydrogens is 298 g/mol. The first-order valence-corrected chi connectivity index (χ1v) is 7.85. The molecule has 6 heteroatoms. The standard InChI is InChI=1S/C14H18ClNO3S/c1-3-6-19-14(18)9-20-8-13(17)16-12-5-4-11(15)7-10(12)2/h4-5,7H,3,6,8-9H2,1-2H3,(H,16,17). The molecule has 0 aliphatic carbocycles. The second-order valence-electron chi connectivity index (χ2n) is 4.22. The van der Waals surface area contributed by atoms with Crippen LogP contribution in [-0.4, -0.2) is 30.0 Å². The average Bonchev–Trinajstić information content (AvgIpc) is 2.39. The lowest BCUT2D eigenvalue weighted by Crippen LogP contribution is -2.17. The number of ether oxygens (including phenoxy) is 1. The predicted molar refractivity (Wildman–Crippen MR) is 83.4 cm³/mol. The molecule has 0 aliphatic heterocycles. The number of carbonyl (C=O) groups excluding carboxylic acids is 2. The number of aryl methyl sites for hydroxylation is 1. The molecule has 0 heterocycles. The summed E-state index contributed by atoms with van der Waals surface area (Å²) in [6, 6.07) is 5.27. The Kier molecular flexibility index (Phi) is 7.47. The molecule has 4 nitrogen and oxygen atoms in total. The van der Waals surface area contributed by atoms with Gasteiger partial charge < -0.3 is 10.1 Å². The molecule has 0 aliphatic rings. The Morgan fingerprint density at radius 2 is 2.10 bits per heavy atom. The topological polar surface area (TPSA) is 55.4 Å². The van der Waals surface area contributed by atoms with Crippen LogP contribution in [0, 0.1) is 6.92 Å². The first-order chi connectivity index (χ1) is 9.52. The van der Waals surface area contributed by atoms with Crippen LogP contribution in [0.25, 0.3) is 0 Å². The number of nitrogens with one attached hydrogen (secondary N) is 1. The van der Waals surface area contributed by atoms with Gasteiger partial charge in [-0.15, -0.1) is 11.8 Å². The highest BCUT2D eigenvalue weighted by atomic mass is 35.5. The van der Waals surface area contributed by atoms with Crippen LogP contribution in [0.3, 0.4) is 0 Å². The number of hydrogen-bond donors (Lipinski definition) is 1. The smallest absolute Gasteiger partial charge is 0.315 e. The minimum absolute atomic E-state index is 0.149. The van der Waals surface area contributed by atoms with Gasteiger partial charge in [0.25, 0.3) is 0 Å². The summed E-state index contributed by atoms with van der Waals surface area (Å²) in [7, 11) is 0. The van der Waals surface area contributed by atoms with Gasteiger partial charge in [0.1, 0.15) is 0 Å². The van der Waals surface area contributed by atoms with Crippen LogP contribution in [0.5, 0.6) is 0 Å². The molecule has 1 aromatic carbocycles. The van der Waals surface area contributed by atoms with E-state index >= 15 is 0 Å². The Morgan fingerprint density at radius 3 is 2.75 bits per heavy atom. The number of halogens is 1. The summed E-state index contributed by atoms with van der Waals surface area (Å²) in [5, 5.41) is 3.42. The number of esters is 1. The van der Waals surface area contributed by atoms with Crippen molar-refractivity contribution < 1.29 is 14.3 Å². The third-order valence-electron chi connectivity index (χ3n) is 2.38. The summed E-state index contributed by atoms with van der Waals surface area (Å²) in [6.07, 6.45) is 0.798. The highest BCUT2D eigenvalue weighted by Gasteiger charge is 2.08. The molecule has 0 saturated carbocycles. The maximum absolute atomic E-state index is 11.7. The molecule has 1 amide bonds. The van der Waals surface area contributed by atoms with Gasteiger partial charge in [-0.2, -0.15) is 0 Å². The van der Waals surface area contributed by atoms with E-state index in [9.17, 15) is 9.59 Å². The van der Waals surface area contributed by atoms with Crippen molar-refractivity contribution in [2.24, 2.45) is 0 Å². The minimum atomic E-state index is -0.285. The Balaban J connectivity index is 2.31. The van der Waals surface area contributed by atoms with Crippen LogP contribution in [0.15, 0.2) is 18.2 Å². The first-order valence-electron chi connectivity index (χ1n) is 6.32. The lowest BCUT2D eigenvalue weighted by Gasteiger charge is -2.08. The van der Waals surface area contributed by atoms with E-state index in [0.29, 0.717) is 11.6 Å². The van der Waals surface area contributed by atoms with E-state index in [1.807, 2.05) is 13.8 Å². The molecule has 1 rings (SSSR count). The lowest BCUT2D eigenvalue weighted by molar-refractivity contribution is -0.140. The predicted octanol–water partition coefficient (Wildman–Crippen LogP) is 3.27. The molecule has 1 N–H and O–H groups in total. The minimum Gasteiger partial charge on any atom is -0.465 e. The van der Waals surface area contributed by atoms with Crippen molar-refractivity contribution >= 4 is 40.9 Å². The van der Waals surface area contributed by atoms with Crippen LogP contribution >= 0.6 is 23.4 Å². The maximum atomic E-state index is 11.7. The summed E-state index contributed by atoms with van der Waals surface area (Å²) < 4.78 is 4.92. The van der Waals surface area contributed by atoms with Crippen LogP contribution in [-0.2, 0) is 14.3 Å². The van der Waals surface area contributed by atoms with Crippen LogP contribution in [0.4, 0.5) is 5.69 Å². The Labute approximate surface area is 128 Å². The molecule has 0 fully saturated rings. The quantitative estimate of drug-likeness (QED) is 0.785. The van der Waals surface area contributed by atoms with Gasteiger partial charge in [0, 0.05) is 10.7 Å². The highest BCUT2D eigenvalue weighted by Crippen LogP contribution is 2.19. The molecule has 110 valence electrons. The monoisotopic (exact) mass is 315 g/mol. The van der Waals surface area contributed by atoms with Crippen molar-refractivity contribution in [3.8, 4) is 0 Å². The van der Waals surface area contributed by atoms with E-state index in [2.05, 4.69) is 5.32 Å². The van der Waals surface area contributed by atoms with Crippen molar-refractivity contribution in [2.75, 3.05) is 23.4 Å². The van der Waals surface area contributed by atoms with Crippen molar-refractivity contribution in [3.63, 3.8) is 0 Å². The summed E-state index contributed by atoms with van der Waals surface area (Å²) in [5.74, 6) is -0.0351. The van der Waals surface area contributed by atoms with Crippen molar-refractivity contribution in [1.29, 1.82) is 0 Å². The van der Waals surface area contributed by atoms with Gasteiger partial charge in [-0.1, -0.05) is 18.5 Å². The van der Waals surface area contributed by atoms with Crippen LogP contribution < -0.4 is 5.32 Å². The van der Waals surface area contributed by atoms with Gasteiger partial charge in [-0.3, -0.25) is 9.59 Å². The normalized spacial score (nSPS) is 10.2. The number of benzene rings is 1. The van der Waals surface area contributed by atoms with Crippen molar-refractivity contribution in [2.45, 2.75) is 20.3 Å². The molecule has 0 unspecified atom stereocenters. The number of thioether (sulfide) groups is 1. The van der Waals surface area contributed by atoms with Crippen LogP contribution in [0.2, 0.25) is 5.02 Å². The van der Waals surface area contributed by atoms with E-state index in [1.54, 1.807) is 18.2 Å². The largest absolute Gasteiger partial charge is 0.465 e. The molecule has 0 atom stereocenters. The second kappa shape index (κ2) is 8.87. The fraction of sp³-hybridized carbons (Fsp3) is 0.429. The second-order valence-corrected chi connectivity index (χ2v) is 5.64. The Hall–Kier alpha value is -1.20. The van der Waals surface area contributed by atoms with Crippen molar-refractivity contribution in [3.05, 3.63) is 28.8 Å². The molecule has 0 saturated heterocycles. The van der Waals surface area contributed by atoms with E-state index in [4.69, 9.17) is 16.3 Å². The fourth-order valence-electron chi connectivity index (χ4n) is 1.44. The van der Waals surface area contributed by atoms with Gasteiger partial charge >= 0.3 is 5.97 Å². The van der Waals surface area contributed by atoms with E-state index in [-0.39, 0.29) is 23.4 Å². The Morgan fingerprint density at radius 1 is 1.35 bits per heavy atom. The summed E-state index contributed by atoms with van der Waals surface area (Å²) >= 11 is 7.08. The van der Waals surface area contributed by atoms with Crippen LogP contribution in [0.1, 0.15) is 18.9 Å². The van der Waals surface area contributed by atoms with Gasteiger partial charge in [0.05, 0.1) is 18.1 Å². The molecule has 0 spiro atoms. The molecule has 0 radical (unpaired) electrons. The zero-order valence-corrected chi connectivity index (χ0v) is 13.1. The number of anilines is 1. The Bertz CT molecular complexity index is 479. The average molecular weight is 316 g/mol. The third-order valence-corrected chi connectivity index (χ3v) is 3.52. The number of hydrogen-bond acceptors (Lipinski definition) is 4. The summed E-state index contributed by atoms with van der Waals surface area (Å²) in [4.78, 5) is 23.0. The van der Waals surface area contributed by atoms with E-state index < -0.39 is 0 Å². The van der Waals surface area contributed by atoms with Gasteiger partial charge in [-0.05, 0) is 37.1 Å². The molecular formula is C14H18ClNO3S. The lowest BCUT2D eigenvalue weighted by atomic mass is 10.2. The zero-order valence-electron chi connectivity index (χ0n) is 11.6. The number of rotatable bonds is 7. The number of carbonyl (C=O) groups is 2. The zero-order chi connectivity index (χ0) is 15.0. The molecule has 0 bridgehead atoms. The van der Waals surface area contributed by atoms with E-state index in [1.165, 1.54) is 11.8 Å². The fourth-order valence-corrected chi connectivity index (χ4v) is 2.27. The van der Waals surface area contributed by atoms with E-state index in [0.717, 1.165) is 17.7 Å². The maximum Gasteiger partial charge on any atom is 0.315 e. The molecule has 20 heavy (non-hydrogen) atoms. The third kappa shape index (κ3) is 6.30. The summed E-state index contributed by atoms with van der Waals surface area (Å²) in [6.45, 7) is 4.23. The molecule has 1 aromatic rings. The molecule has 0 aromatic heterocycles. The SMILES string of the molecule is CCCOC(=O)CSCC(=O)Nc1ccc(Cl)cc1C. The summed E-state index contributed by atoms with van der Waals surface area (Å²) in [5.41, 5.74) is 1.63.